The molecule has 0 bridgehead atoms. The molecular formula is C11H13BrN4S. The largest absolute Gasteiger partial charge is 0.383 e. The molecule has 0 aliphatic rings. The Morgan fingerprint density at radius 3 is 2.53 bits per heavy atom. The zero-order valence-electron chi connectivity index (χ0n) is 9.86. The molecule has 17 heavy (non-hydrogen) atoms. The van der Waals surface area contributed by atoms with Gasteiger partial charge in [0.2, 0.25) is 0 Å². The third-order valence-electron chi connectivity index (χ3n) is 2.24. The van der Waals surface area contributed by atoms with Gasteiger partial charge in [0.15, 0.2) is 5.82 Å². The summed E-state index contributed by atoms with van der Waals surface area (Å²) in [5, 5.41) is 0. The Morgan fingerprint density at radius 1 is 1.29 bits per heavy atom. The zero-order valence-corrected chi connectivity index (χ0v) is 12.3. The Morgan fingerprint density at radius 2 is 2.00 bits per heavy atom. The van der Waals surface area contributed by atoms with Crippen LogP contribution in [0.2, 0.25) is 0 Å². The van der Waals surface area contributed by atoms with Crippen LogP contribution in [0, 0.1) is 0 Å². The predicted octanol–water partition coefficient (Wildman–Crippen LogP) is 3.24. The number of nitrogen functional groups attached to an aromatic ring is 1. The normalized spacial score (nSPS) is 11.8. The molecule has 6 heteroatoms. The molecule has 0 aliphatic heterocycles. The summed E-state index contributed by atoms with van der Waals surface area (Å²) < 4.78 is 0.776. The molecule has 0 unspecified atom stereocenters. The second-order valence-corrected chi connectivity index (χ2v) is 6.39. The van der Waals surface area contributed by atoms with Gasteiger partial charge in [-0.25, -0.2) is 9.97 Å². The molecule has 2 rings (SSSR count). The molecule has 2 aromatic rings. The summed E-state index contributed by atoms with van der Waals surface area (Å²) in [6, 6.07) is 0. The van der Waals surface area contributed by atoms with E-state index in [1.54, 1.807) is 11.7 Å². The van der Waals surface area contributed by atoms with Crippen molar-refractivity contribution in [1.82, 2.24) is 15.0 Å². The Bertz CT molecular complexity index is 531. The van der Waals surface area contributed by atoms with Gasteiger partial charge in [0.1, 0.15) is 5.82 Å². The zero-order chi connectivity index (χ0) is 12.6. The molecule has 0 aliphatic carbocycles. The van der Waals surface area contributed by atoms with Crippen LogP contribution in [0.5, 0.6) is 0 Å². The Hall–Kier alpha value is -1.01. The number of rotatable bonds is 1. The van der Waals surface area contributed by atoms with Gasteiger partial charge in [0.05, 0.1) is 20.6 Å². The molecule has 0 fully saturated rings. The van der Waals surface area contributed by atoms with Crippen LogP contribution in [0.4, 0.5) is 5.82 Å². The minimum absolute atomic E-state index is 0.0880. The lowest BCUT2D eigenvalue weighted by Gasteiger charge is -2.20. The van der Waals surface area contributed by atoms with Crippen molar-refractivity contribution in [2.45, 2.75) is 26.2 Å². The van der Waals surface area contributed by atoms with Gasteiger partial charge in [0, 0.05) is 11.6 Å². The number of nitrogens with two attached hydrogens (primary N) is 1. The van der Waals surface area contributed by atoms with Crippen LogP contribution in [0.15, 0.2) is 16.2 Å². The second-order valence-electron chi connectivity index (χ2n) is 4.71. The van der Waals surface area contributed by atoms with Crippen molar-refractivity contribution < 1.29 is 0 Å². The molecule has 0 atom stereocenters. The third kappa shape index (κ3) is 2.47. The van der Waals surface area contributed by atoms with Crippen molar-refractivity contribution in [1.29, 1.82) is 0 Å². The van der Waals surface area contributed by atoms with Crippen molar-refractivity contribution in [3.8, 4) is 10.7 Å². The van der Waals surface area contributed by atoms with Crippen molar-refractivity contribution in [3.05, 3.63) is 21.9 Å². The fraction of sp³-hybridized carbons (Fsp3) is 0.364. The Labute approximate surface area is 112 Å². The monoisotopic (exact) mass is 312 g/mol. The van der Waals surface area contributed by atoms with Crippen molar-refractivity contribution in [2.24, 2.45) is 0 Å². The highest BCUT2D eigenvalue weighted by Crippen LogP contribution is 2.33. The number of thiazole rings is 1. The highest BCUT2D eigenvalue weighted by Gasteiger charge is 2.22. The summed E-state index contributed by atoms with van der Waals surface area (Å²) in [6.45, 7) is 6.28. The van der Waals surface area contributed by atoms with Crippen LogP contribution < -0.4 is 5.73 Å². The van der Waals surface area contributed by atoms with Gasteiger partial charge >= 0.3 is 0 Å². The van der Waals surface area contributed by atoms with E-state index >= 15 is 0 Å². The Kier molecular flexibility index (Phi) is 3.18. The van der Waals surface area contributed by atoms with E-state index in [0.717, 1.165) is 15.0 Å². The molecule has 0 radical (unpaired) electrons. The molecule has 90 valence electrons. The van der Waals surface area contributed by atoms with Crippen molar-refractivity contribution in [3.63, 3.8) is 0 Å². The maximum absolute atomic E-state index is 5.91. The fourth-order valence-electron chi connectivity index (χ4n) is 1.40. The van der Waals surface area contributed by atoms with E-state index in [1.807, 2.05) is 0 Å². The SMILES string of the molecule is CC(C)(C)c1nc(-c2cncs2)nc(N)c1Br. The topological polar surface area (TPSA) is 64.7 Å². The molecular weight excluding hydrogens is 300 g/mol. The van der Waals surface area contributed by atoms with Crippen molar-refractivity contribution in [2.75, 3.05) is 5.73 Å². The van der Waals surface area contributed by atoms with Crippen LogP contribution >= 0.6 is 27.3 Å². The highest BCUT2D eigenvalue weighted by molar-refractivity contribution is 9.10. The number of hydrogen-bond acceptors (Lipinski definition) is 5. The van der Waals surface area contributed by atoms with E-state index in [-0.39, 0.29) is 5.41 Å². The average molecular weight is 313 g/mol. The Balaban J connectivity index is 2.62. The van der Waals surface area contributed by atoms with E-state index in [1.165, 1.54) is 11.3 Å². The van der Waals surface area contributed by atoms with Gasteiger partial charge in [-0.05, 0) is 15.9 Å². The van der Waals surface area contributed by atoms with Crippen LogP contribution in [0.3, 0.4) is 0 Å². The smallest absolute Gasteiger partial charge is 0.173 e. The van der Waals surface area contributed by atoms with Crippen molar-refractivity contribution >= 4 is 33.1 Å². The minimum atomic E-state index is -0.0880. The van der Waals surface area contributed by atoms with E-state index in [4.69, 9.17) is 5.73 Å². The second kappa shape index (κ2) is 4.34. The molecule has 0 saturated carbocycles. The minimum Gasteiger partial charge on any atom is -0.383 e. The van der Waals surface area contributed by atoms with E-state index in [9.17, 15) is 0 Å². The fourth-order valence-corrected chi connectivity index (χ4v) is 2.72. The van der Waals surface area contributed by atoms with Crippen LogP contribution in [0.25, 0.3) is 10.7 Å². The summed E-state index contributed by atoms with van der Waals surface area (Å²) in [5.41, 5.74) is 8.49. The third-order valence-corrected chi connectivity index (χ3v) is 3.79. The molecule has 2 N–H and O–H groups in total. The predicted molar refractivity (Wildman–Crippen MR) is 74.0 cm³/mol. The quantitative estimate of drug-likeness (QED) is 0.878. The lowest BCUT2D eigenvalue weighted by molar-refractivity contribution is 0.565. The number of aromatic nitrogens is 3. The maximum Gasteiger partial charge on any atom is 0.173 e. The van der Waals surface area contributed by atoms with Crippen LogP contribution in [-0.4, -0.2) is 15.0 Å². The number of halogens is 1. The lowest BCUT2D eigenvalue weighted by atomic mass is 9.92. The van der Waals surface area contributed by atoms with Gasteiger partial charge < -0.3 is 5.73 Å². The number of nitrogens with zero attached hydrogens (tertiary/aromatic N) is 3. The number of anilines is 1. The molecule has 0 aromatic carbocycles. The summed E-state index contributed by atoms with van der Waals surface area (Å²) in [4.78, 5) is 13.8. The van der Waals surface area contributed by atoms with Gasteiger partial charge in [-0.2, -0.15) is 0 Å². The molecule has 2 heterocycles. The summed E-state index contributed by atoms with van der Waals surface area (Å²) >= 11 is 4.95. The van der Waals surface area contributed by atoms with E-state index in [2.05, 4.69) is 51.7 Å². The first-order valence-corrected chi connectivity index (χ1v) is 6.79. The first kappa shape index (κ1) is 12.4. The lowest BCUT2D eigenvalue weighted by Crippen LogP contribution is -2.16. The standard InChI is InChI=1S/C11H13BrN4S/c1-11(2,3)8-7(12)9(13)16-10(15-8)6-4-14-5-17-6/h4-5H,1-3H3,(H2,13,15,16). The maximum atomic E-state index is 5.91. The molecule has 0 amide bonds. The summed E-state index contributed by atoms with van der Waals surface area (Å²) in [6.07, 6.45) is 1.75. The molecule has 0 saturated heterocycles. The van der Waals surface area contributed by atoms with Gasteiger partial charge in [-0.15, -0.1) is 11.3 Å². The van der Waals surface area contributed by atoms with Gasteiger partial charge in [0.25, 0.3) is 0 Å². The number of hydrogen-bond donors (Lipinski definition) is 1. The summed E-state index contributed by atoms with van der Waals surface area (Å²) in [5.74, 6) is 1.10. The summed E-state index contributed by atoms with van der Waals surface area (Å²) in [7, 11) is 0. The van der Waals surface area contributed by atoms with Gasteiger partial charge in [-0.3, -0.25) is 4.98 Å². The van der Waals surface area contributed by atoms with E-state index < -0.39 is 0 Å². The van der Waals surface area contributed by atoms with Gasteiger partial charge in [-0.1, -0.05) is 20.8 Å². The molecule has 0 spiro atoms. The first-order valence-electron chi connectivity index (χ1n) is 5.12. The average Bonchev–Trinajstić information content (AvgIpc) is 2.73. The van der Waals surface area contributed by atoms with E-state index in [0.29, 0.717) is 11.6 Å². The first-order chi connectivity index (χ1) is 7.89. The molecule has 4 nitrogen and oxygen atoms in total. The van der Waals surface area contributed by atoms with Crippen LogP contribution in [-0.2, 0) is 5.41 Å². The van der Waals surface area contributed by atoms with Crippen LogP contribution in [0.1, 0.15) is 26.5 Å². The molecule has 2 aromatic heterocycles. The highest BCUT2D eigenvalue weighted by atomic mass is 79.9.